The van der Waals surface area contributed by atoms with Gasteiger partial charge in [0.05, 0.1) is 0 Å². The summed E-state index contributed by atoms with van der Waals surface area (Å²) in [5.74, 6) is 0.474. The molecule has 0 aliphatic heterocycles. The van der Waals surface area contributed by atoms with Crippen molar-refractivity contribution in [3.63, 3.8) is 0 Å². The third-order valence-electron chi connectivity index (χ3n) is 1.57. The molecule has 12 heavy (non-hydrogen) atoms. The van der Waals surface area contributed by atoms with Crippen molar-refractivity contribution >= 4 is 24.1 Å². The SMILES string of the molecule is CON=C(C)C(=O)C(C)(C)CS. The van der Waals surface area contributed by atoms with E-state index in [2.05, 4.69) is 22.6 Å². The minimum atomic E-state index is -0.463. The summed E-state index contributed by atoms with van der Waals surface area (Å²) >= 11 is 4.09. The third kappa shape index (κ3) is 2.85. The van der Waals surface area contributed by atoms with Gasteiger partial charge in [0.2, 0.25) is 0 Å². The van der Waals surface area contributed by atoms with E-state index in [1.54, 1.807) is 6.92 Å². The van der Waals surface area contributed by atoms with Crippen LogP contribution in [0.2, 0.25) is 0 Å². The van der Waals surface area contributed by atoms with E-state index in [0.29, 0.717) is 11.5 Å². The van der Waals surface area contributed by atoms with E-state index < -0.39 is 5.41 Å². The molecule has 70 valence electrons. The maximum absolute atomic E-state index is 11.5. The van der Waals surface area contributed by atoms with E-state index in [4.69, 9.17) is 0 Å². The van der Waals surface area contributed by atoms with Gasteiger partial charge < -0.3 is 4.84 Å². The van der Waals surface area contributed by atoms with Crippen molar-refractivity contribution in [2.24, 2.45) is 10.6 Å². The van der Waals surface area contributed by atoms with Gasteiger partial charge in [-0.05, 0) is 6.92 Å². The van der Waals surface area contributed by atoms with Crippen LogP contribution in [0.25, 0.3) is 0 Å². The summed E-state index contributed by atoms with van der Waals surface area (Å²) in [4.78, 5) is 16.0. The van der Waals surface area contributed by atoms with Gasteiger partial charge in [0.25, 0.3) is 0 Å². The number of hydrogen-bond acceptors (Lipinski definition) is 4. The fraction of sp³-hybridized carbons (Fsp3) is 0.750. The quantitative estimate of drug-likeness (QED) is 0.414. The molecule has 0 atom stereocenters. The molecule has 0 spiro atoms. The summed E-state index contributed by atoms with van der Waals surface area (Å²) in [6.07, 6.45) is 0. The number of Topliss-reactive ketones (excluding diaryl/α,β-unsaturated/α-hetero) is 1. The van der Waals surface area contributed by atoms with Gasteiger partial charge in [0.15, 0.2) is 5.78 Å². The molecule has 0 radical (unpaired) electrons. The molecule has 0 aliphatic carbocycles. The highest BCUT2D eigenvalue weighted by molar-refractivity contribution is 7.80. The van der Waals surface area contributed by atoms with Crippen LogP contribution in [0, 0.1) is 5.41 Å². The van der Waals surface area contributed by atoms with E-state index in [9.17, 15) is 4.79 Å². The lowest BCUT2D eigenvalue weighted by atomic mass is 9.88. The Kier molecular flexibility index (Phi) is 4.31. The third-order valence-corrected chi connectivity index (χ3v) is 2.36. The first-order valence-electron chi connectivity index (χ1n) is 3.69. The molecule has 0 aliphatic rings. The highest BCUT2D eigenvalue weighted by Crippen LogP contribution is 2.18. The summed E-state index contributed by atoms with van der Waals surface area (Å²) in [5, 5.41) is 3.57. The normalized spacial score (nSPS) is 12.9. The van der Waals surface area contributed by atoms with E-state index in [1.165, 1.54) is 7.11 Å². The average Bonchev–Trinajstić information content (AvgIpc) is 2.03. The van der Waals surface area contributed by atoms with Gasteiger partial charge in [-0.3, -0.25) is 4.79 Å². The molecule has 0 heterocycles. The number of carbonyl (C=O) groups is 1. The number of rotatable bonds is 4. The summed E-state index contributed by atoms with van der Waals surface area (Å²) < 4.78 is 0. The van der Waals surface area contributed by atoms with Crippen LogP contribution in [-0.4, -0.2) is 24.4 Å². The fourth-order valence-corrected chi connectivity index (χ4v) is 0.884. The molecule has 0 aromatic rings. The first kappa shape index (κ1) is 11.5. The van der Waals surface area contributed by atoms with Crippen LogP contribution in [0.5, 0.6) is 0 Å². The molecule has 0 unspecified atom stereocenters. The Hall–Kier alpha value is -0.510. The Balaban J connectivity index is 4.49. The van der Waals surface area contributed by atoms with Crippen molar-refractivity contribution in [3.05, 3.63) is 0 Å². The van der Waals surface area contributed by atoms with Crippen LogP contribution >= 0.6 is 12.6 Å². The predicted molar refractivity (Wildman–Crippen MR) is 52.8 cm³/mol. The van der Waals surface area contributed by atoms with Crippen molar-refractivity contribution < 1.29 is 9.63 Å². The summed E-state index contributed by atoms with van der Waals surface area (Å²) in [6, 6.07) is 0. The lowest BCUT2D eigenvalue weighted by Crippen LogP contribution is -2.31. The molecule has 0 saturated heterocycles. The summed E-state index contributed by atoms with van der Waals surface area (Å²) in [7, 11) is 1.42. The number of hydrogen-bond donors (Lipinski definition) is 1. The van der Waals surface area contributed by atoms with E-state index in [0.717, 1.165) is 0 Å². The molecule has 4 heteroatoms. The largest absolute Gasteiger partial charge is 0.399 e. The van der Waals surface area contributed by atoms with E-state index in [-0.39, 0.29) is 5.78 Å². The van der Waals surface area contributed by atoms with Gasteiger partial charge in [-0.15, -0.1) is 0 Å². The zero-order valence-corrected chi connectivity index (χ0v) is 8.81. The van der Waals surface area contributed by atoms with Gasteiger partial charge in [-0.25, -0.2) is 0 Å². The van der Waals surface area contributed by atoms with Crippen LogP contribution in [0.1, 0.15) is 20.8 Å². The number of oxime groups is 1. The molecular weight excluding hydrogens is 174 g/mol. The second-order valence-electron chi connectivity index (χ2n) is 3.23. The number of carbonyl (C=O) groups excluding carboxylic acids is 1. The highest BCUT2D eigenvalue weighted by atomic mass is 32.1. The highest BCUT2D eigenvalue weighted by Gasteiger charge is 2.28. The van der Waals surface area contributed by atoms with Crippen LogP contribution in [0.15, 0.2) is 5.16 Å². The van der Waals surface area contributed by atoms with Crippen molar-refractivity contribution in [1.82, 2.24) is 0 Å². The molecule has 0 fully saturated rings. The Labute approximate surface area is 78.6 Å². The first-order valence-corrected chi connectivity index (χ1v) is 4.32. The first-order chi connectivity index (χ1) is 5.45. The zero-order valence-electron chi connectivity index (χ0n) is 7.92. The minimum Gasteiger partial charge on any atom is -0.399 e. The van der Waals surface area contributed by atoms with Crippen LogP contribution < -0.4 is 0 Å². The molecule has 0 aromatic carbocycles. The van der Waals surface area contributed by atoms with Gasteiger partial charge in [0.1, 0.15) is 12.8 Å². The predicted octanol–water partition coefficient (Wildman–Crippen LogP) is 1.53. The summed E-state index contributed by atoms with van der Waals surface area (Å²) in [6.45, 7) is 5.30. The minimum absolute atomic E-state index is 0.0284. The fourth-order valence-electron chi connectivity index (χ4n) is 0.740. The number of thiol groups is 1. The Morgan fingerprint density at radius 1 is 1.58 bits per heavy atom. The van der Waals surface area contributed by atoms with Crippen molar-refractivity contribution in [1.29, 1.82) is 0 Å². The van der Waals surface area contributed by atoms with E-state index in [1.807, 2.05) is 13.8 Å². The second-order valence-corrected chi connectivity index (χ2v) is 3.55. The average molecular weight is 189 g/mol. The maximum atomic E-state index is 11.5. The van der Waals surface area contributed by atoms with Crippen LogP contribution in [0.3, 0.4) is 0 Å². The van der Waals surface area contributed by atoms with Crippen LogP contribution in [-0.2, 0) is 9.63 Å². The van der Waals surface area contributed by atoms with Gasteiger partial charge >= 0.3 is 0 Å². The molecule has 0 bridgehead atoms. The van der Waals surface area contributed by atoms with Gasteiger partial charge in [-0.1, -0.05) is 19.0 Å². The van der Waals surface area contributed by atoms with Gasteiger partial charge in [-0.2, -0.15) is 12.6 Å². The molecule has 0 N–H and O–H groups in total. The number of ketones is 1. The molecule has 0 rings (SSSR count). The zero-order chi connectivity index (χ0) is 9.78. The molecule has 0 amide bonds. The summed E-state index contributed by atoms with van der Waals surface area (Å²) in [5.41, 5.74) is -0.0774. The van der Waals surface area contributed by atoms with Crippen LogP contribution in [0.4, 0.5) is 0 Å². The standard InChI is InChI=1S/C8H15NO2S/c1-6(9-11-4)7(10)8(2,3)5-12/h12H,5H2,1-4H3. The lowest BCUT2D eigenvalue weighted by molar-refractivity contribution is -0.119. The Morgan fingerprint density at radius 3 is 2.42 bits per heavy atom. The molecule has 0 aromatic heterocycles. The molecule has 0 saturated carbocycles. The number of nitrogens with zero attached hydrogens (tertiary/aromatic N) is 1. The lowest BCUT2D eigenvalue weighted by Gasteiger charge is -2.19. The molecule has 3 nitrogen and oxygen atoms in total. The Morgan fingerprint density at radius 2 is 2.08 bits per heavy atom. The van der Waals surface area contributed by atoms with Gasteiger partial charge in [0, 0.05) is 11.2 Å². The maximum Gasteiger partial charge on any atom is 0.186 e. The molecular formula is C8H15NO2S. The van der Waals surface area contributed by atoms with Crippen molar-refractivity contribution in [2.75, 3.05) is 12.9 Å². The smallest absolute Gasteiger partial charge is 0.186 e. The van der Waals surface area contributed by atoms with Crippen molar-refractivity contribution in [2.45, 2.75) is 20.8 Å². The monoisotopic (exact) mass is 189 g/mol. The second kappa shape index (κ2) is 4.50. The van der Waals surface area contributed by atoms with Crippen molar-refractivity contribution in [3.8, 4) is 0 Å². The van der Waals surface area contributed by atoms with E-state index >= 15 is 0 Å². The topological polar surface area (TPSA) is 38.7 Å². The Bertz CT molecular complexity index is 199.